The number of benzene rings is 2. The second kappa shape index (κ2) is 7.32. The molecule has 0 fully saturated rings. The molecule has 3 aromatic rings. The molecular formula is C19H17ClN6O2. The summed E-state index contributed by atoms with van der Waals surface area (Å²) in [6, 6.07) is 14.0. The number of aromatic nitrogens is 4. The number of nitrogens with zero attached hydrogens (tertiary/aromatic N) is 4. The van der Waals surface area contributed by atoms with Crippen LogP contribution in [-0.2, 0) is 4.79 Å². The fraction of sp³-hybridized carbons (Fsp3) is 0.158. The molecule has 1 atom stereocenters. The number of tetrazole rings is 1. The highest BCUT2D eigenvalue weighted by atomic mass is 35.5. The van der Waals surface area contributed by atoms with E-state index in [0.717, 1.165) is 5.56 Å². The Kier molecular flexibility index (Phi) is 4.70. The topological polar surface area (TPSA) is 94.0 Å². The molecule has 1 aromatic heterocycles. The van der Waals surface area contributed by atoms with Crippen LogP contribution in [0.25, 0.3) is 0 Å². The van der Waals surface area contributed by atoms with Gasteiger partial charge in [0.2, 0.25) is 5.95 Å². The van der Waals surface area contributed by atoms with E-state index in [2.05, 4.69) is 26.2 Å². The van der Waals surface area contributed by atoms with E-state index in [0.29, 0.717) is 33.7 Å². The van der Waals surface area contributed by atoms with Crippen LogP contribution in [0, 0.1) is 0 Å². The number of para-hydroxylation sites is 2. The molecule has 8 nitrogen and oxygen atoms in total. The third kappa shape index (κ3) is 3.18. The van der Waals surface area contributed by atoms with Gasteiger partial charge in [0.25, 0.3) is 5.91 Å². The molecule has 0 spiro atoms. The predicted molar refractivity (Wildman–Crippen MR) is 105 cm³/mol. The molecule has 4 rings (SSSR count). The molecule has 0 radical (unpaired) electrons. The van der Waals surface area contributed by atoms with Crippen molar-refractivity contribution in [3.8, 4) is 5.75 Å². The maximum Gasteiger partial charge on any atom is 0.255 e. The number of fused-ring (bicyclic) bond motifs is 1. The zero-order valence-corrected chi connectivity index (χ0v) is 15.9. The number of ether oxygens (including phenoxy) is 1. The van der Waals surface area contributed by atoms with E-state index in [-0.39, 0.29) is 5.91 Å². The number of rotatable bonds is 4. The number of hydrogen-bond donors (Lipinski definition) is 2. The van der Waals surface area contributed by atoms with Gasteiger partial charge in [0.1, 0.15) is 11.8 Å². The molecule has 2 heterocycles. The third-order valence-electron chi connectivity index (χ3n) is 4.50. The molecule has 0 aliphatic carbocycles. The summed E-state index contributed by atoms with van der Waals surface area (Å²) in [4.78, 5) is 13.3. The SMILES string of the molecule is COc1ccccc1NC(=O)C1=C(C)Nc2nnnn2[C@@H]1c1ccc(Cl)cc1. The number of methoxy groups -OCH3 is 1. The van der Waals surface area contributed by atoms with Crippen molar-refractivity contribution in [3.63, 3.8) is 0 Å². The average molecular weight is 397 g/mol. The van der Waals surface area contributed by atoms with Crippen molar-refractivity contribution in [1.29, 1.82) is 0 Å². The molecule has 142 valence electrons. The first-order valence-corrected chi connectivity index (χ1v) is 8.91. The summed E-state index contributed by atoms with van der Waals surface area (Å²) in [5.74, 6) is 0.755. The van der Waals surface area contributed by atoms with E-state index >= 15 is 0 Å². The van der Waals surface area contributed by atoms with Crippen LogP contribution in [0.5, 0.6) is 5.75 Å². The zero-order chi connectivity index (χ0) is 19.7. The molecule has 0 unspecified atom stereocenters. The summed E-state index contributed by atoms with van der Waals surface area (Å²) < 4.78 is 6.91. The summed E-state index contributed by atoms with van der Waals surface area (Å²) in [7, 11) is 1.56. The normalized spacial score (nSPS) is 15.6. The van der Waals surface area contributed by atoms with Gasteiger partial charge in [0, 0.05) is 10.7 Å². The standard InChI is InChI=1S/C19H17ClN6O2/c1-11-16(18(27)22-14-5-3-4-6-15(14)28-2)17(12-7-9-13(20)10-8-12)26-19(21-11)23-24-25-26/h3-10,17H,1-2H3,(H,22,27)(H,21,23,25)/t17-/m1/s1. The fourth-order valence-corrected chi connectivity index (χ4v) is 3.32. The van der Waals surface area contributed by atoms with E-state index in [1.807, 2.05) is 31.2 Å². The molecule has 0 saturated carbocycles. The smallest absolute Gasteiger partial charge is 0.255 e. The van der Waals surface area contributed by atoms with E-state index in [1.54, 1.807) is 36.1 Å². The molecule has 0 bridgehead atoms. The van der Waals surface area contributed by atoms with Crippen LogP contribution in [0.1, 0.15) is 18.5 Å². The minimum absolute atomic E-state index is 0.282. The molecule has 9 heteroatoms. The second-order valence-corrected chi connectivity index (χ2v) is 6.66. The van der Waals surface area contributed by atoms with Gasteiger partial charge in [-0.15, -0.1) is 0 Å². The summed E-state index contributed by atoms with van der Waals surface area (Å²) in [5.41, 5.74) is 2.57. The minimum atomic E-state index is -0.502. The van der Waals surface area contributed by atoms with E-state index in [4.69, 9.17) is 16.3 Å². The Bertz CT molecular complexity index is 1060. The summed E-state index contributed by atoms with van der Waals surface area (Å²) in [5, 5.41) is 18.4. The summed E-state index contributed by atoms with van der Waals surface area (Å²) >= 11 is 6.03. The monoisotopic (exact) mass is 396 g/mol. The largest absolute Gasteiger partial charge is 0.495 e. The molecular weight excluding hydrogens is 380 g/mol. The Morgan fingerprint density at radius 1 is 1.21 bits per heavy atom. The summed E-state index contributed by atoms with van der Waals surface area (Å²) in [6.45, 7) is 1.82. The first-order chi connectivity index (χ1) is 13.6. The molecule has 1 aliphatic rings. The lowest BCUT2D eigenvalue weighted by Crippen LogP contribution is -2.31. The van der Waals surface area contributed by atoms with Crippen molar-refractivity contribution in [2.75, 3.05) is 17.7 Å². The van der Waals surface area contributed by atoms with Gasteiger partial charge in [-0.25, -0.2) is 0 Å². The maximum atomic E-state index is 13.3. The van der Waals surface area contributed by atoms with Gasteiger partial charge in [-0.2, -0.15) is 4.68 Å². The van der Waals surface area contributed by atoms with Gasteiger partial charge in [-0.3, -0.25) is 4.79 Å². The number of carbonyl (C=O) groups excluding carboxylic acids is 1. The van der Waals surface area contributed by atoms with Crippen LogP contribution in [-0.4, -0.2) is 33.2 Å². The van der Waals surface area contributed by atoms with Crippen LogP contribution < -0.4 is 15.4 Å². The number of allylic oxidation sites excluding steroid dienone is 1. The quantitative estimate of drug-likeness (QED) is 0.703. The van der Waals surface area contributed by atoms with Crippen LogP contribution in [0.3, 0.4) is 0 Å². The van der Waals surface area contributed by atoms with Crippen molar-refractivity contribution in [3.05, 3.63) is 70.4 Å². The molecule has 2 N–H and O–H groups in total. The van der Waals surface area contributed by atoms with E-state index < -0.39 is 6.04 Å². The Hall–Kier alpha value is -3.39. The Balaban J connectivity index is 1.76. The van der Waals surface area contributed by atoms with Crippen molar-refractivity contribution >= 4 is 29.1 Å². The molecule has 1 amide bonds. The van der Waals surface area contributed by atoms with Gasteiger partial charge in [-0.1, -0.05) is 41.0 Å². The molecule has 1 aliphatic heterocycles. The number of halogens is 1. The van der Waals surface area contributed by atoms with Gasteiger partial charge in [0.05, 0.1) is 18.4 Å². The molecule has 0 saturated heterocycles. The Labute approximate surface area is 166 Å². The summed E-state index contributed by atoms with van der Waals surface area (Å²) in [6.07, 6.45) is 0. The lowest BCUT2D eigenvalue weighted by atomic mass is 9.95. The third-order valence-corrected chi connectivity index (χ3v) is 4.75. The number of hydrogen-bond acceptors (Lipinski definition) is 6. The van der Waals surface area contributed by atoms with Crippen molar-refractivity contribution in [2.45, 2.75) is 13.0 Å². The van der Waals surface area contributed by atoms with Crippen molar-refractivity contribution < 1.29 is 9.53 Å². The minimum Gasteiger partial charge on any atom is -0.495 e. The Morgan fingerprint density at radius 2 is 1.96 bits per heavy atom. The predicted octanol–water partition coefficient (Wildman–Crippen LogP) is 3.26. The van der Waals surface area contributed by atoms with E-state index in [9.17, 15) is 4.79 Å². The lowest BCUT2D eigenvalue weighted by molar-refractivity contribution is -0.113. The lowest BCUT2D eigenvalue weighted by Gasteiger charge is -2.28. The van der Waals surface area contributed by atoms with Crippen LogP contribution >= 0.6 is 11.6 Å². The van der Waals surface area contributed by atoms with Gasteiger partial charge >= 0.3 is 0 Å². The highest BCUT2D eigenvalue weighted by Gasteiger charge is 2.34. The molecule has 28 heavy (non-hydrogen) atoms. The van der Waals surface area contributed by atoms with Gasteiger partial charge in [-0.05, 0) is 47.2 Å². The van der Waals surface area contributed by atoms with Crippen LogP contribution in [0.15, 0.2) is 59.8 Å². The molecule has 2 aromatic carbocycles. The number of carbonyl (C=O) groups is 1. The fourth-order valence-electron chi connectivity index (χ4n) is 3.20. The first-order valence-electron chi connectivity index (χ1n) is 8.54. The van der Waals surface area contributed by atoms with Crippen LogP contribution in [0.2, 0.25) is 5.02 Å². The Morgan fingerprint density at radius 3 is 2.71 bits per heavy atom. The van der Waals surface area contributed by atoms with E-state index in [1.165, 1.54) is 0 Å². The average Bonchev–Trinajstić information content (AvgIpc) is 3.16. The van der Waals surface area contributed by atoms with Crippen molar-refractivity contribution in [2.24, 2.45) is 0 Å². The van der Waals surface area contributed by atoms with Gasteiger partial charge in [0.15, 0.2) is 0 Å². The highest BCUT2D eigenvalue weighted by molar-refractivity contribution is 6.30. The number of nitrogens with one attached hydrogen (secondary N) is 2. The number of anilines is 2. The zero-order valence-electron chi connectivity index (χ0n) is 15.2. The first kappa shape index (κ1) is 18.0. The second-order valence-electron chi connectivity index (χ2n) is 6.22. The maximum absolute atomic E-state index is 13.3. The van der Waals surface area contributed by atoms with Crippen LogP contribution in [0.4, 0.5) is 11.6 Å². The van der Waals surface area contributed by atoms with Gasteiger partial charge < -0.3 is 15.4 Å². The number of amides is 1. The highest BCUT2D eigenvalue weighted by Crippen LogP contribution is 2.35. The van der Waals surface area contributed by atoms with Crippen molar-refractivity contribution in [1.82, 2.24) is 20.2 Å².